The van der Waals surface area contributed by atoms with Gasteiger partial charge in [-0.15, -0.1) is 11.3 Å². The fourth-order valence-corrected chi connectivity index (χ4v) is 5.09. The van der Waals surface area contributed by atoms with Crippen LogP contribution in [0.4, 0.5) is 5.69 Å². The zero-order chi connectivity index (χ0) is 14.4. The number of carbonyl (C=O) groups excluding carboxylic acids is 1. The number of carbonyl (C=O) groups is 1. The third-order valence-corrected chi connectivity index (χ3v) is 6.17. The number of anilines is 1. The van der Waals surface area contributed by atoms with Crippen LogP contribution in [0.5, 0.6) is 0 Å². The molecule has 0 spiro atoms. The van der Waals surface area contributed by atoms with Crippen molar-refractivity contribution in [1.29, 1.82) is 0 Å². The predicted octanol–water partition coefficient (Wildman–Crippen LogP) is 3.21. The number of fused-ring (bicyclic) bond motifs is 1. The zero-order valence-corrected chi connectivity index (χ0v) is 13.6. The van der Waals surface area contributed by atoms with Crippen LogP contribution in [0.1, 0.15) is 9.75 Å². The number of amides is 1. The normalized spacial score (nSPS) is 25.8. The molecule has 4 rings (SSSR count). The first kappa shape index (κ1) is 13.5. The van der Waals surface area contributed by atoms with E-state index in [0.29, 0.717) is 11.8 Å². The zero-order valence-electron chi connectivity index (χ0n) is 12.0. The molecule has 2 aliphatic heterocycles. The van der Waals surface area contributed by atoms with E-state index in [1.807, 2.05) is 21.6 Å². The Morgan fingerprint density at radius 1 is 1.24 bits per heavy atom. The van der Waals surface area contributed by atoms with Crippen molar-refractivity contribution >= 4 is 34.3 Å². The maximum absolute atomic E-state index is 12.6. The van der Waals surface area contributed by atoms with Gasteiger partial charge in [-0.3, -0.25) is 9.69 Å². The van der Waals surface area contributed by atoms with Gasteiger partial charge in [-0.1, -0.05) is 0 Å². The standard InChI is InChI=1S/C16H18N2OS2/c1-11-2-3-14(21-11)8-17-6-12-7-18(13-4-5-20-10-13)16(19)15(12)9-17/h2-5,10,12,15H,6-9H2,1H3/t12-,15-/m1/s1. The van der Waals surface area contributed by atoms with Gasteiger partial charge in [0.1, 0.15) is 0 Å². The van der Waals surface area contributed by atoms with Gasteiger partial charge in [0.05, 0.1) is 11.6 Å². The molecule has 0 aliphatic carbocycles. The van der Waals surface area contributed by atoms with Crippen molar-refractivity contribution in [2.75, 3.05) is 24.5 Å². The molecular formula is C16H18N2OS2. The Bertz CT molecular complexity index is 649. The Labute approximate surface area is 132 Å². The van der Waals surface area contributed by atoms with Crippen LogP contribution in [0.25, 0.3) is 0 Å². The third-order valence-electron chi connectivity index (χ3n) is 4.51. The van der Waals surface area contributed by atoms with Gasteiger partial charge >= 0.3 is 0 Å². The van der Waals surface area contributed by atoms with Gasteiger partial charge in [0, 0.05) is 47.2 Å². The molecule has 0 bridgehead atoms. The number of rotatable bonds is 3. The van der Waals surface area contributed by atoms with Crippen LogP contribution in [0.3, 0.4) is 0 Å². The van der Waals surface area contributed by atoms with Crippen molar-refractivity contribution in [3.8, 4) is 0 Å². The van der Waals surface area contributed by atoms with E-state index in [-0.39, 0.29) is 5.92 Å². The van der Waals surface area contributed by atoms with E-state index in [1.165, 1.54) is 9.75 Å². The molecule has 4 heterocycles. The molecule has 2 fully saturated rings. The fourth-order valence-electron chi connectivity index (χ4n) is 3.51. The molecule has 5 heteroatoms. The number of hydrogen-bond donors (Lipinski definition) is 0. The highest BCUT2D eigenvalue weighted by Crippen LogP contribution is 2.36. The first-order valence-electron chi connectivity index (χ1n) is 7.32. The Balaban J connectivity index is 1.43. The van der Waals surface area contributed by atoms with E-state index in [1.54, 1.807) is 11.3 Å². The van der Waals surface area contributed by atoms with Crippen LogP contribution in [0.2, 0.25) is 0 Å². The second-order valence-corrected chi connectivity index (χ2v) is 8.16. The Morgan fingerprint density at radius 2 is 2.14 bits per heavy atom. The molecule has 0 saturated carbocycles. The second kappa shape index (κ2) is 5.23. The summed E-state index contributed by atoms with van der Waals surface area (Å²) < 4.78 is 0. The minimum Gasteiger partial charge on any atom is -0.311 e. The summed E-state index contributed by atoms with van der Waals surface area (Å²) in [5.41, 5.74) is 1.08. The molecule has 0 aromatic carbocycles. The minimum atomic E-state index is 0.200. The van der Waals surface area contributed by atoms with Gasteiger partial charge in [0.25, 0.3) is 0 Å². The van der Waals surface area contributed by atoms with E-state index in [0.717, 1.165) is 31.9 Å². The number of hydrogen-bond acceptors (Lipinski definition) is 4. The lowest BCUT2D eigenvalue weighted by molar-refractivity contribution is -0.120. The lowest BCUT2D eigenvalue weighted by atomic mass is 10.0. The molecule has 3 nitrogen and oxygen atoms in total. The molecule has 0 N–H and O–H groups in total. The molecular weight excluding hydrogens is 300 g/mol. The summed E-state index contributed by atoms with van der Waals surface area (Å²) in [6.07, 6.45) is 0. The van der Waals surface area contributed by atoms with Gasteiger partial charge in [-0.05, 0) is 30.5 Å². The molecule has 2 atom stereocenters. The highest BCUT2D eigenvalue weighted by molar-refractivity contribution is 7.11. The summed E-state index contributed by atoms with van der Waals surface area (Å²) in [7, 11) is 0. The largest absolute Gasteiger partial charge is 0.311 e. The van der Waals surface area contributed by atoms with Crippen molar-refractivity contribution in [1.82, 2.24) is 4.90 Å². The molecule has 2 aromatic heterocycles. The fraction of sp³-hybridized carbons (Fsp3) is 0.438. The van der Waals surface area contributed by atoms with Crippen LogP contribution < -0.4 is 4.90 Å². The molecule has 0 unspecified atom stereocenters. The van der Waals surface area contributed by atoms with Crippen molar-refractivity contribution in [2.24, 2.45) is 11.8 Å². The van der Waals surface area contributed by atoms with Gasteiger partial charge in [-0.2, -0.15) is 11.3 Å². The van der Waals surface area contributed by atoms with Gasteiger partial charge in [0.2, 0.25) is 5.91 Å². The maximum Gasteiger partial charge on any atom is 0.231 e. The van der Waals surface area contributed by atoms with Gasteiger partial charge in [-0.25, -0.2) is 0 Å². The molecule has 1 amide bonds. The quantitative estimate of drug-likeness (QED) is 0.867. The Kier molecular flexibility index (Phi) is 3.36. The highest BCUT2D eigenvalue weighted by atomic mass is 32.1. The molecule has 0 radical (unpaired) electrons. The summed E-state index contributed by atoms with van der Waals surface area (Å²) in [4.78, 5) is 19.8. The Morgan fingerprint density at radius 3 is 2.81 bits per heavy atom. The number of nitrogens with zero attached hydrogens (tertiary/aromatic N) is 2. The van der Waals surface area contributed by atoms with Crippen LogP contribution in [0.15, 0.2) is 29.0 Å². The predicted molar refractivity (Wildman–Crippen MR) is 88.0 cm³/mol. The van der Waals surface area contributed by atoms with Crippen molar-refractivity contribution < 1.29 is 4.79 Å². The van der Waals surface area contributed by atoms with Crippen LogP contribution in [0, 0.1) is 18.8 Å². The molecule has 21 heavy (non-hydrogen) atoms. The molecule has 2 saturated heterocycles. The lowest BCUT2D eigenvalue weighted by Gasteiger charge is -2.20. The van der Waals surface area contributed by atoms with Crippen molar-refractivity contribution in [3.05, 3.63) is 38.7 Å². The van der Waals surface area contributed by atoms with E-state index in [9.17, 15) is 4.79 Å². The molecule has 110 valence electrons. The van der Waals surface area contributed by atoms with E-state index in [2.05, 4.69) is 35.4 Å². The number of thiophene rings is 2. The van der Waals surface area contributed by atoms with Crippen molar-refractivity contribution in [3.63, 3.8) is 0 Å². The number of likely N-dealkylation sites (tertiary alicyclic amines) is 1. The minimum absolute atomic E-state index is 0.200. The van der Waals surface area contributed by atoms with Crippen molar-refractivity contribution in [2.45, 2.75) is 13.5 Å². The highest BCUT2D eigenvalue weighted by Gasteiger charge is 2.46. The summed E-state index contributed by atoms with van der Waals surface area (Å²) in [5, 5.41) is 4.12. The smallest absolute Gasteiger partial charge is 0.231 e. The average molecular weight is 318 g/mol. The topological polar surface area (TPSA) is 23.6 Å². The van der Waals surface area contributed by atoms with E-state index in [4.69, 9.17) is 0 Å². The van der Waals surface area contributed by atoms with Gasteiger partial charge in [0.15, 0.2) is 0 Å². The molecule has 2 aliphatic rings. The van der Waals surface area contributed by atoms with Crippen LogP contribution in [-0.4, -0.2) is 30.4 Å². The first-order chi connectivity index (χ1) is 10.2. The number of aryl methyl sites for hydroxylation is 1. The summed E-state index contributed by atoms with van der Waals surface area (Å²) in [5.74, 6) is 1.02. The Hall–Kier alpha value is -1.17. The lowest BCUT2D eigenvalue weighted by Crippen LogP contribution is -2.32. The van der Waals surface area contributed by atoms with E-state index < -0.39 is 0 Å². The SMILES string of the molecule is Cc1ccc(CN2C[C@@H]3CN(c4ccsc4)C(=O)[C@@H]3C2)s1. The second-order valence-electron chi connectivity index (χ2n) is 6.00. The monoisotopic (exact) mass is 318 g/mol. The summed E-state index contributed by atoms with van der Waals surface area (Å²) >= 11 is 3.52. The molecule has 2 aromatic rings. The summed E-state index contributed by atoms with van der Waals surface area (Å²) in [6, 6.07) is 6.45. The maximum atomic E-state index is 12.6. The summed E-state index contributed by atoms with van der Waals surface area (Å²) in [6.45, 7) is 6.00. The van der Waals surface area contributed by atoms with Crippen LogP contribution >= 0.6 is 22.7 Å². The van der Waals surface area contributed by atoms with Gasteiger partial charge < -0.3 is 4.90 Å². The third kappa shape index (κ3) is 2.43. The van der Waals surface area contributed by atoms with Crippen LogP contribution in [-0.2, 0) is 11.3 Å². The first-order valence-corrected chi connectivity index (χ1v) is 9.08. The average Bonchev–Trinajstić information content (AvgIpc) is 3.18. The van der Waals surface area contributed by atoms with E-state index >= 15 is 0 Å².